The van der Waals surface area contributed by atoms with Gasteiger partial charge in [-0.25, -0.2) is 13.6 Å². The topological polar surface area (TPSA) is 89.3 Å². The first kappa shape index (κ1) is 21.7. The predicted octanol–water partition coefficient (Wildman–Crippen LogP) is 3.50. The molecule has 1 amide bonds. The maximum absolute atomic E-state index is 12.0. The molecule has 0 aliphatic carbocycles. The van der Waals surface area contributed by atoms with Gasteiger partial charge in [0.25, 0.3) is 0 Å². The quantitative estimate of drug-likeness (QED) is 0.640. The third-order valence-electron chi connectivity index (χ3n) is 4.12. The Bertz CT molecular complexity index is 854. The summed E-state index contributed by atoms with van der Waals surface area (Å²) in [5, 5.41) is 9.15. The molecule has 0 spiro atoms. The normalized spacial score (nSPS) is 12.6. The Morgan fingerprint density at radius 1 is 1.00 bits per heavy atom. The van der Waals surface area contributed by atoms with Gasteiger partial charge in [0.1, 0.15) is 0 Å². The maximum Gasteiger partial charge on any atom is 0.220 e. The van der Waals surface area contributed by atoms with E-state index in [1.54, 1.807) is 0 Å². The van der Waals surface area contributed by atoms with Crippen LogP contribution in [0.2, 0.25) is 10.0 Å². The van der Waals surface area contributed by atoms with Gasteiger partial charge < -0.3 is 5.32 Å². The molecule has 3 N–H and O–H groups in total. The summed E-state index contributed by atoms with van der Waals surface area (Å²) in [4.78, 5) is 12.0. The molecule has 0 saturated carbocycles. The van der Waals surface area contributed by atoms with Crippen LogP contribution in [0.1, 0.15) is 29.9 Å². The van der Waals surface area contributed by atoms with E-state index in [2.05, 4.69) is 5.32 Å². The van der Waals surface area contributed by atoms with Crippen molar-refractivity contribution in [1.29, 1.82) is 0 Å². The number of carbonyl (C=O) groups excluding carboxylic acids is 1. The summed E-state index contributed by atoms with van der Waals surface area (Å²) in [6.07, 6.45) is 1.04. The molecule has 0 radical (unpaired) electrons. The predicted molar refractivity (Wildman–Crippen MR) is 110 cm³/mol. The first-order valence-electron chi connectivity index (χ1n) is 8.50. The monoisotopic (exact) mass is 428 g/mol. The average molecular weight is 429 g/mol. The molecular formula is C19H22Cl2N2O3S. The largest absolute Gasteiger partial charge is 0.355 e. The second kappa shape index (κ2) is 10.1. The first-order valence-corrected chi connectivity index (χ1v) is 11.0. The van der Waals surface area contributed by atoms with Crippen molar-refractivity contribution < 1.29 is 13.2 Å². The maximum atomic E-state index is 12.0. The van der Waals surface area contributed by atoms with Crippen molar-refractivity contribution in [3.63, 3.8) is 0 Å². The van der Waals surface area contributed by atoms with Gasteiger partial charge >= 0.3 is 0 Å². The molecule has 2 aromatic carbocycles. The molecule has 0 aromatic heterocycles. The zero-order valence-electron chi connectivity index (χ0n) is 14.7. The minimum atomic E-state index is -3.55. The fourth-order valence-corrected chi connectivity index (χ4v) is 3.51. The summed E-state index contributed by atoms with van der Waals surface area (Å²) in [6.45, 7) is 0.429. The lowest BCUT2D eigenvalue weighted by atomic mass is 9.92. The Hall–Kier alpha value is -1.60. The lowest BCUT2D eigenvalue weighted by Gasteiger charge is -2.19. The minimum Gasteiger partial charge on any atom is -0.355 e. The van der Waals surface area contributed by atoms with E-state index in [1.807, 2.05) is 48.5 Å². The average Bonchev–Trinajstić information content (AvgIpc) is 2.60. The van der Waals surface area contributed by atoms with E-state index in [1.165, 1.54) is 0 Å². The molecule has 0 aliphatic rings. The third-order valence-corrected chi connectivity index (χ3v) is 5.48. The number of primary sulfonamides is 1. The summed E-state index contributed by atoms with van der Waals surface area (Å²) in [5.41, 5.74) is 2.15. The molecule has 0 aliphatic heterocycles. The van der Waals surface area contributed by atoms with Crippen molar-refractivity contribution in [3.05, 3.63) is 69.7 Å². The number of hydrogen-bond acceptors (Lipinski definition) is 3. The van der Waals surface area contributed by atoms with E-state index in [-0.39, 0.29) is 30.4 Å². The van der Waals surface area contributed by atoms with Crippen molar-refractivity contribution in [1.82, 2.24) is 5.32 Å². The molecule has 2 aromatic rings. The van der Waals surface area contributed by atoms with Crippen molar-refractivity contribution in [2.45, 2.75) is 25.2 Å². The number of carbonyl (C=O) groups is 1. The Balaban J connectivity index is 2.00. The highest BCUT2D eigenvalue weighted by Crippen LogP contribution is 2.23. The zero-order chi connectivity index (χ0) is 19.9. The van der Waals surface area contributed by atoms with Crippen molar-refractivity contribution in [2.75, 3.05) is 12.3 Å². The van der Waals surface area contributed by atoms with Crippen molar-refractivity contribution in [2.24, 2.45) is 5.14 Å². The fourth-order valence-electron chi connectivity index (χ4n) is 2.71. The first-order chi connectivity index (χ1) is 12.7. The van der Waals surface area contributed by atoms with Crippen LogP contribution in [0.4, 0.5) is 0 Å². The van der Waals surface area contributed by atoms with E-state index < -0.39 is 10.0 Å². The molecule has 0 bridgehead atoms. The van der Waals surface area contributed by atoms with Crippen LogP contribution in [0.15, 0.2) is 48.5 Å². The van der Waals surface area contributed by atoms with E-state index in [4.69, 9.17) is 28.3 Å². The summed E-state index contributed by atoms with van der Waals surface area (Å²) in [7, 11) is -3.55. The molecular weight excluding hydrogens is 407 g/mol. The molecule has 0 unspecified atom stereocenters. The third kappa shape index (κ3) is 8.30. The highest BCUT2D eigenvalue weighted by molar-refractivity contribution is 7.89. The summed E-state index contributed by atoms with van der Waals surface area (Å²) < 4.78 is 21.9. The van der Waals surface area contributed by atoms with Gasteiger partial charge in [0.15, 0.2) is 0 Å². The van der Waals surface area contributed by atoms with Crippen LogP contribution in [-0.4, -0.2) is 26.6 Å². The second-order valence-electron chi connectivity index (χ2n) is 6.35. The lowest BCUT2D eigenvalue weighted by molar-refractivity contribution is -0.121. The molecule has 5 nitrogen and oxygen atoms in total. The van der Waals surface area contributed by atoms with Crippen LogP contribution < -0.4 is 10.5 Å². The van der Waals surface area contributed by atoms with Crippen LogP contribution in [0.3, 0.4) is 0 Å². The second-order valence-corrected chi connectivity index (χ2v) is 8.96. The Kier molecular flexibility index (Phi) is 8.10. The van der Waals surface area contributed by atoms with Gasteiger partial charge in [0.05, 0.1) is 5.75 Å². The van der Waals surface area contributed by atoms with Gasteiger partial charge in [0.2, 0.25) is 15.9 Å². The van der Waals surface area contributed by atoms with Gasteiger partial charge in [0, 0.05) is 28.9 Å². The number of rotatable bonds is 9. The molecule has 1 atom stereocenters. The van der Waals surface area contributed by atoms with Gasteiger partial charge in [-0.15, -0.1) is 0 Å². The SMILES string of the molecule is NS(=O)(=O)CCCC(=O)NC[C@H](Cc1ccc(Cl)cc1)c1ccc(Cl)cc1. The molecule has 146 valence electrons. The highest BCUT2D eigenvalue weighted by atomic mass is 35.5. The number of benzene rings is 2. The van der Waals surface area contributed by atoms with Gasteiger partial charge in [-0.3, -0.25) is 4.79 Å². The van der Waals surface area contributed by atoms with Gasteiger partial charge in [-0.1, -0.05) is 47.5 Å². The van der Waals surface area contributed by atoms with E-state index in [0.717, 1.165) is 17.5 Å². The van der Waals surface area contributed by atoms with E-state index in [0.29, 0.717) is 16.6 Å². The number of hydrogen-bond donors (Lipinski definition) is 2. The van der Waals surface area contributed by atoms with Crippen LogP contribution >= 0.6 is 23.2 Å². The number of halogens is 2. The molecule has 8 heteroatoms. The molecule has 0 heterocycles. The molecule has 0 saturated heterocycles. The van der Waals surface area contributed by atoms with Crippen LogP contribution in [0.25, 0.3) is 0 Å². The fraction of sp³-hybridized carbons (Fsp3) is 0.316. The minimum absolute atomic E-state index is 0.0469. The Labute approximate surface area is 169 Å². The van der Waals surface area contributed by atoms with Crippen LogP contribution in [0.5, 0.6) is 0 Å². The number of amides is 1. The number of sulfonamides is 1. The van der Waals surface area contributed by atoms with E-state index >= 15 is 0 Å². The summed E-state index contributed by atoms with van der Waals surface area (Å²) in [5.74, 6) is -0.356. The van der Waals surface area contributed by atoms with Gasteiger partial charge in [-0.05, 0) is 48.2 Å². The zero-order valence-corrected chi connectivity index (χ0v) is 17.0. The standard InChI is InChI=1S/C19H22Cl2N2O3S/c20-17-7-3-14(4-8-17)12-16(15-5-9-18(21)10-6-15)13-23-19(24)2-1-11-27(22,25)26/h3-10,16H,1-2,11-13H2,(H,23,24)(H2,22,25,26)/t16-/m0/s1. The lowest BCUT2D eigenvalue weighted by Crippen LogP contribution is -2.29. The number of nitrogens with two attached hydrogens (primary N) is 1. The van der Waals surface area contributed by atoms with Crippen molar-refractivity contribution >= 4 is 39.1 Å². The molecule has 2 rings (SSSR count). The number of nitrogens with one attached hydrogen (secondary N) is 1. The van der Waals surface area contributed by atoms with Gasteiger partial charge in [-0.2, -0.15) is 0 Å². The van der Waals surface area contributed by atoms with Crippen LogP contribution in [0, 0.1) is 0 Å². The van der Waals surface area contributed by atoms with Crippen LogP contribution in [-0.2, 0) is 21.2 Å². The van der Waals surface area contributed by atoms with E-state index in [9.17, 15) is 13.2 Å². The van der Waals surface area contributed by atoms with Crippen molar-refractivity contribution in [3.8, 4) is 0 Å². The molecule has 27 heavy (non-hydrogen) atoms. The highest BCUT2D eigenvalue weighted by Gasteiger charge is 2.15. The summed E-state index contributed by atoms with van der Waals surface area (Å²) >= 11 is 11.9. The summed E-state index contributed by atoms with van der Waals surface area (Å²) in [6, 6.07) is 15.1. The Morgan fingerprint density at radius 2 is 1.56 bits per heavy atom. The molecule has 0 fully saturated rings. The smallest absolute Gasteiger partial charge is 0.220 e. The Morgan fingerprint density at radius 3 is 2.11 bits per heavy atom.